The molecule has 0 fully saturated rings. The monoisotopic (exact) mass is 417 g/mol. The van der Waals surface area contributed by atoms with Crippen molar-refractivity contribution in [3.8, 4) is 11.8 Å². The number of thiophene rings is 1. The number of hydrogen-bond acceptors (Lipinski definition) is 4. The molecular weight excluding hydrogens is 403 g/mol. The number of rotatable bonds is 5. The Morgan fingerprint density at radius 2 is 2.11 bits per heavy atom. The van der Waals surface area contributed by atoms with Gasteiger partial charge in [0, 0.05) is 6.20 Å². The summed E-state index contributed by atoms with van der Waals surface area (Å²) < 4.78 is 39.4. The Kier molecular flexibility index (Phi) is 7.07. The second-order valence-electron chi connectivity index (χ2n) is 5.72. The van der Waals surface area contributed by atoms with E-state index in [1.54, 1.807) is 19.0 Å². The third kappa shape index (κ3) is 5.85. The first-order chi connectivity index (χ1) is 12.7. The van der Waals surface area contributed by atoms with Gasteiger partial charge in [-0.05, 0) is 26.2 Å². The number of carbonyl (C=O) groups is 1. The van der Waals surface area contributed by atoms with E-state index in [1.807, 2.05) is 0 Å². The molecule has 0 aliphatic carbocycles. The van der Waals surface area contributed by atoms with Gasteiger partial charge in [-0.3, -0.25) is 14.5 Å². The summed E-state index contributed by atoms with van der Waals surface area (Å²) in [5, 5.41) is 2.44. The number of nitrogens with one attached hydrogen (secondary N) is 1. The molecule has 0 saturated heterocycles. The Morgan fingerprint density at radius 1 is 1.41 bits per heavy atom. The maximum atomic E-state index is 13.3. The second kappa shape index (κ2) is 9.08. The molecular formula is C17H15ClF3N3O2S. The van der Waals surface area contributed by atoms with Crippen molar-refractivity contribution >= 4 is 34.5 Å². The smallest absolute Gasteiger partial charge is 0.266 e. The Labute approximate surface area is 162 Å². The molecule has 0 radical (unpaired) electrons. The molecule has 2 rings (SSSR count). The molecule has 10 heteroatoms. The van der Waals surface area contributed by atoms with Crippen LogP contribution >= 0.6 is 22.9 Å². The van der Waals surface area contributed by atoms with Crippen molar-refractivity contribution in [2.75, 3.05) is 26.0 Å². The highest BCUT2D eigenvalue weighted by Gasteiger charge is 2.16. The Hall–Kier alpha value is -2.28. The topological polar surface area (TPSA) is 54.3 Å². The van der Waals surface area contributed by atoms with Crippen molar-refractivity contribution in [1.82, 2.24) is 9.47 Å². The first-order valence-corrected chi connectivity index (χ1v) is 8.79. The molecule has 2 aromatic heterocycles. The minimum Gasteiger partial charge on any atom is -0.320 e. The minimum atomic E-state index is -2.76. The summed E-state index contributed by atoms with van der Waals surface area (Å²) >= 11 is 6.34. The van der Waals surface area contributed by atoms with Gasteiger partial charge in [-0.1, -0.05) is 23.4 Å². The number of halogens is 4. The third-order valence-corrected chi connectivity index (χ3v) is 4.48. The molecule has 0 spiro atoms. The molecule has 1 N–H and O–H groups in total. The SMILES string of the molecule is CN(C)CC#Cc1cc(NC(=O)c2cc(F)c(Cl)s2)cn(CC(F)F)c1=O. The Balaban J connectivity index is 2.37. The lowest BCUT2D eigenvalue weighted by Crippen LogP contribution is -2.26. The van der Waals surface area contributed by atoms with E-state index in [4.69, 9.17) is 11.6 Å². The van der Waals surface area contributed by atoms with E-state index in [-0.39, 0.29) is 20.5 Å². The normalized spacial score (nSPS) is 10.8. The number of anilines is 1. The van der Waals surface area contributed by atoms with E-state index in [1.165, 1.54) is 6.07 Å². The zero-order valence-corrected chi connectivity index (χ0v) is 15.9. The average Bonchev–Trinajstić information content (AvgIpc) is 2.90. The van der Waals surface area contributed by atoms with E-state index in [2.05, 4.69) is 17.2 Å². The maximum absolute atomic E-state index is 13.3. The van der Waals surface area contributed by atoms with Gasteiger partial charge in [-0.25, -0.2) is 13.2 Å². The van der Waals surface area contributed by atoms with Gasteiger partial charge in [-0.15, -0.1) is 11.3 Å². The van der Waals surface area contributed by atoms with Crippen LogP contribution in [0.4, 0.5) is 18.9 Å². The molecule has 2 aromatic rings. The van der Waals surface area contributed by atoms with Crippen molar-refractivity contribution in [3.63, 3.8) is 0 Å². The molecule has 0 aromatic carbocycles. The van der Waals surface area contributed by atoms with Crippen LogP contribution in [0.25, 0.3) is 0 Å². The van der Waals surface area contributed by atoms with Crippen molar-refractivity contribution in [3.05, 3.63) is 49.3 Å². The van der Waals surface area contributed by atoms with Crippen molar-refractivity contribution in [1.29, 1.82) is 0 Å². The van der Waals surface area contributed by atoms with Crippen LogP contribution in [-0.2, 0) is 6.54 Å². The lowest BCUT2D eigenvalue weighted by Gasteiger charge is -2.10. The number of amides is 1. The van der Waals surface area contributed by atoms with Gasteiger partial charge in [0.15, 0.2) is 5.82 Å². The molecule has 5 nitrogen and oxygen atoms in total. The number of alkyl halides is 2. The number of carbonyl (C=O) groups excluding carboxylic acids is 1. The van der Waals surface area contributed by atoms with Gasteiger partial charge >= 0.3 is 0 Å². The molecule has 0 aliphatic rings. The number of nitrogens with zero attached hydrogens (tertiary/aromatic N) is 2. The van der Waals surface area contributed by atoms with Crippen LogP contribution < -0.4 is 10.9 Å². The summed E-state index contributed by atoms with van der Waals surface area (Å²) in [6.45, 7) is -0.484. The molecule has 1 amide bonds. The third-order valence-electron chi connectivity index (χ3n) is 3.17. The van der Waals surface area contributed by atoms with E-state index in [0.717, 1.165) is 28.2 Å². The fourth-order valence-electron chi connectivity index (χ4n) is 2.02. The summed E-state index contributed by atoms with van der Waals surface area (Å²) in [4.78, 5) is 26.3. The summed E-state index contributed by atoms with van der Waals surface area (Å²) in [5.41, 5.74) is -0.644. The second-order valence-corrected chi connectivity index (χ2v) is 7.37. The van der Waals surface area contributed by atoms with E-state index >= 15 is 0 Å². The van der Waals surface area contributed by atoms with Gasteiger partial charge in [0.2, 0.25) is 0 Å². The van der Waals surface area contributed by atoms with Crippen LogP contribution in [0.3, 0.4) is 0 Å². The summed E-state index contributed by atoms with van der Waals surface area (Å²) in [7, 11) is 3.57. The first kappa shape index (κ1) is 21.0. The molecule has 2 heterocycles. The van der Waals surface area contributed by atoms with Crippen LogP contribution in [-0.4, -0.2) is 42.4 Å². The molecule has 0 unspecified atom stereocenters. The predicted octanol–water partition coefficient (Wildman–Crippen LogP) is 3.13. The van der Waals surface area contributed by atoms with Crippen LogP contribution in [0.15, 0.2) is 23.1 Å². The van der Waals surface area contributed by atoms with Gasteiger partial charge in [0.05, 0.1) is 29.2 Å². The molecule has 0 saturated carbocycles. The van der Waals surface area contributed by atoms with E-state index in [9.17, 15) is 22.8 Å². The average molecular weight is 418 g/mol. The van der Waals surface area contributed by atoms with E-state index < -0.39 is 30.3 Å². The lowest BCUT2D eigenvalue weighted by molar-refractivity contribution is 0.103. The highest BCUT2D eigenvalue weighted by atomic mass is 35.5. The van der Waals surface area contributed by atoms with Crippen molar-refractivity contribution in [2.24, 2.45) is 0 Å². The molecule has 27 heavy (non-hydrogen) atoms. The lowest BCUT2D eigenvalue weighted by atomic mass is 10.2. The molecule has 144 valence electrons. The van der Waals surface area contributed by atoms with E-state index in [0.29, 0.717) is 6.54 Å². The van der Waals surface area contributed by atoms with Crippen molar-refractivity contribution in [2.45, 2.75) is 13.0 Å². The molecule has 0 atom stereocenters. The maximum Gasteiger partial charge on any atom is 0.266 e. The summed E-state index contributed by atoms with van der Waals surface area (Å²) in [6, 6.07) is 2.26. The number of hydrogen-bond donors (Lipinski definition) is 1. The zero-order chi connectivity index (χ0) is 20.1. The van der Waals surface area contributed by atoms with Gasteiger partial charge in [0.1, 0.15) is 4.34 Å². The van der Waals surface area contributed by atoms with Crippen LogP contribution in [0.5, 0.6) is 0 Å². The van der Waals surface area contributed by atoms with Gasteiger partial charge in [0.25, 0.3) is 17.9 Å². The fourth-order valence-corrected chi connectivity index (χ4v) is 2.98. The van der Waals surface area contributed by atoms with Crippen molar-refractivity contribution < 1.29 is 18.0 Å². The predicted molar refractivity (Wildman–Crippen MR) is 99.4 cm³/mol. The zero-order valence-electron chi connectivity index (χ0n) is 14.4. The van der Waals surface area contributed by atoms with Gasteiger partial charge in [-0.2, -0.15) is 0 Å². The molecule has 0 bridgehead atoms. The highest BCUT2D eigenvalue weighted by molar-refractivity contribution is 7.18. The Bertz CT molecular complexity index is 941. The fraction of sp³-hybridized carbons (Fsp3) is 0.294. The summed E-state index contributed by atoms with van der Waals surface area (Å²) in [5.74, 6) is 3.96. The number of aromatic nitrogens is 1. The quantitative estimate of drug-likeness (QED) is 0.760. The van der Waals surface area contributed by atoms with Crippen LogP contribution in [0, 0.1) is 17.7 Å². The van der Waals surface area contributed by atoms with Crippen LogP contribution in [0.2, 0.25) is 4.34 Å². The van der Waals surface area contributed by atoms with Crippen LogP contribution in [0.1, 0.15) is 15.2 Å². The minimum absolute atomic E-state index is 0.00403. The van der Waals surface area contributed by atoms with Gasteiger partial charge < -0.3 is 9.88 Å². The standard InChI is InChI=1S/C17H15ClF3N3O2S/c1-23(2)5-3-4-10-6-11(8-24(17(10)26)9-14(20)21)22-16(25)13-7-12(19)15(18)27-13/h6-8,14H,5,9H2,1-2H3,(H,22,25). The Morgan fingerprint density at radius 3 is 2.67 bits per heavy atom. The largest absolute Gasteiger partial charge is 0.320 e. The summed E-state index contributed by atoms with van der Waals surface area (Å²) in [6.07, 6.45) is -1.67. The highest BCUT2D eigenvalue weighted by Crippen LogP contribution is 2.26. The first-order valence-electron chi connectivity index (χ1n) is 7.59. The number of pyridine rings is 1. The molecule has 0 aliphatic heterocycles.